The van der Waals surface area contributed by atoms with Crippen LogP contribution < -0.4 is 5.32 Å². The minimum Gasteiger partial charge on any atom is -0.388 e. The molecule has 0 unspecified atom stereocenters. The van der Waals surface area contributed by atoms with Crippen molar-refractivity contribution in [2.75, 3.05) is 5.32 Å². The Labute approximate surface area is 107 Å². The average molecular weight is 253 g/mol. The number of aliphatic hydroxyl groups is 1. The van der Waals surface area contributed by atoms with Gasteiger partial charge in [-0.1, -0.05) is 11.6 Å². The maximum Gasteiger partial charge on any atom is 0.101 e. The highest BCUT2D eigenvalue weighted by Crippen LogP contribution is 2.28. The Bertz CT molecular complexity index is 455. The van der Waals surface area contributed by atoms with Crippen LogP contribution in [0.15, 0.2) is 18.2 Å². The van der Waals surface area contributed by atoms with Crippen LogP contribution >= 0.6 is 11.6 Å². The van der Waals surface area contributed by atoms with Gasteiger partial charge in [0.25, 0.3) is 0 Å². The summed E-state index contributed by atoms with van der Waals surface area (Å²) in [6, 6.07) is 7.13. The molecule has 1 aromatic rings. The lowest BCUT2D eigenvalue weighted by Crippen LogP contribution is -2.51. The smallest absolute Gasteiger partial charge is 0.101 e. The fourth-order valence-electron chi connectivity index (χ4n) is 1.20. The molecule has 1 aromatic carbocycles. The van der Waals surface area contributed by atoms with Crippen molar-refractivity contribution in [2.24, 2.45) is 0 Å². The van der Waals surface area contributed by atoms with Crippen molar-refractivity contribution in [3.63, 3.8) is 0 Å². The molecule has 2 N–H and O–H groups in total. The van der Waals surface area contributed by atoms with Gasteiger partial charge >= 0.3 is 0 Å². The number of nitrogens with one attached hydrogen (secondary N) is 1. The van der Waals surface area contributed by atoms with Gasteiger partial charge in [-0.3, -0.25) is 0 Å². The minimum absolute atomic E-state index is 0.407. The molecule has 0 saturated carbocycles. The van der Waals surface area contributed by atoms with Crippen LogP contribution in [-0.4, -0.2) is 16.2 Å². The quantitative estimate of drug-likeness (QED) is 0.869. The average Bonchev–Trinajstić information content (AvgIpc) is 2.15. The van der Waals surface area contributed by atoms with Gasteiger partial charge in [0.15, 0.2) is 0 Å². The lowest BCUT2D eigenvalue weighted by atomic mass is 9.86. The molecule has 0 spiro atoms. The summed E-state index contributed by atoms with van der Waals surface area (Å²) >= 11 is 5.95. The molecule has 0 aliphatic rings. The zero-order chi connectivity index (χ0) is 13.3. The molecular weight excluding hydrogens is 236 g/mol. The molecule has 0 fully saturated rings. The Morgan fingerprint density at radius 3 is 2.29 bits per heavy atom. The van der Waals surface area contributed by atoms with Crippen molar-refractivity contribution in [1.29, 1.82) is 5.26 Å². The number of benzene rings is 1. The summed E-state index contributed by atoms with van der Waals surface area (Å²) in [7, 11) is 0. The number of anilines is 1. The molecule has 4 heteroatoms. The van der Waals surface area contributed by atoms with Gasteiger partial charge in [-0.2, -0.15) is 5.26 Å². The first kappa shape index (κ1) is 13.8. The highest BCUT2D eigenvalue weighted by atomic mass is 35.5. The molecular formula is C13H17ClN2O. The number of hydrogen-bond donors (Lipinski definition) is 2. The van der Waals surface area contributed by atoms with Crippen molar-refractivity contribution in [3.8, 4) is 6.07 Å². The summed E-state index contributed by atoms with van der Waals surface area (Å²) in [5, 5.41) is 22.4. The van der Waals surface area contributed by atoms with E-state index in [1.165, 1.54) is 0 Å². The predicted octanol–water partition coefficient (Wildman–Crippen LogP) is 3.17. The van der Waals surface area contributed by atoms with E-state index in [4.69, 9.17) is 16.9 Å². The second-order valence-corrected chi connectivity index (χ2v) is 5.52. The van der Waals surface area contributed by atoms with E-state index in [1.807, 2.05) is 19.9 Å². The van der Waals surface area contributed by atoms with Gasteiger partial charge in [-0.15, -0.1) is 0 Å². The fourth-order valence-corrected chi connectivity index (χ4v) is 1.42. The third-order valence-electron chi connectivity index (χ3n) is 3.08. The Hall–Kier alpha value is -1.24. The summed E-state index contributed by atoms with van der Waals surface area (Å²) in [6.45, 7) is 7.29. The van der Waals surface area contributed by atoms with Crippen LogP contribution in [0.2, 0.25) is 5.02 Å². The lowest BCUT2D eigenvalue weighted by Gasteiger charge is -2.39. The lowest BCUT2D eigenvalue weighted by molar-refractivity contribution is 0.0240. The van der Waals surface area contributed by atoms with Crippen LogP contribution in [0, 0.1) is 11.3 Å². The fraction of sp³-hybridized carbons (Fsp3) is 0.462. The first-order valence-electron chi connectivity index (χ1n) is 5.37. The second kappa shape index (κ2) is 4.56. The molecule has 92 valence electrons. The van der Waals surface area contributed by atoms with Gasteiger partial charge in [0.2, 0.25) is 0 Å². The van der Waals surface area contributed by atoms with Crippen LogP contribution in [0.3, 0.4) is 0 Å². The SMILES string of the molecule is CC(C)(O)C(C)(C)Nc1ccc(C#N)c(Cl)c1. The molecule has 0 radical (unpaired) electrons. The minimum atomic E-state index is -0.882. The molecule has 3 nitrogen and oxygen atoms in total. The Morgan fingerprint density at radius 2 is 1.88 bits per heavy atom. The molecule has 17 heavy (non-hydrogen) atoms. The topological polar surface area (TPSA) is 56.0 Å². The number of rotatable bonds is 3. The largest absolute Gasteiger partial charge is 0.388 e. The molecule has 0 bridgehead atoms. The van der Waals surface area contributed by atoms with E-state index in [2.05, 4.69) is 5.32 Å². The van der Waals surface area contributed by atoms with Crippen molar-refractivity contribution < 1.29 is 5.11 Å². The van der Waals surface area contributed by atoms with E-state index >= 15 is 0 Å². The van der Waals surface area contributed by atoms with Gasteiger partial charge in [0.05, 0.1) is 21.7 Å². The summed E-state index contributed by atoms with van der Waals surface area (Å²) in [6.07, 6.45) is 0. The van der Waals surface area contributed by atoms with Crippen LogP contribution in [-0.2, 0) is 0 Å². The highest BCUT2D eigenvalue weighted by Gasteiger charge is 2.34. The number of hydrogen-bond acceptors (Lipinski definition) is 3. The standard InChI is InChI=1S/C13H17ClN2O/c1-12(2,13(3,4)17)16-10-6-5-9(8-15)11(14)7-10/h5-7,16-17H,1-4H3. The van der Waals surface area contributed by atoms with E-state index in [9.17, 15) is 5.11 Å². The Balaban J connectivity index is 2.98. The van der Waals surface area contributed by atoms with Crippen LogP contribution in [0.5, 0.6) is 0 Å². The normalized spacial score (nSPS) is 12.1. The molecule has 0 aromatic heterocycles. The van der Waals surface area contributed by atoms with Crippen LogP contribution in [0.4, 0.5) is 5.69 Å². The first-order chi connectivity index (χ1) is 7.67. The van der Waals surface area contributed by atoms with E-state index in [1.54, 1.807) is 32.0 Å². The van der Waals surface area contributed by atoms with Gasteiger partial charge in [0, 0.05) is 5.69 Å². The zero-order valence-electron chi connectivity index (χ0n) is 10.5. The van der Waals surface area contributed by atoms with E-state index < -0.39 is 11.1 Å². The molecule has 0 atom stereocenters. The summed E-state index contributed by atoms with van der Waals surface area (Å²) in [5.41, 5.74) is -0.169. The third kappa shape index (κ3) is 3.12. The monoisotopic (exact) mass is 252 g/mol. The number of nitriles is 1. The maximum absolute atomic E-state index is 10.0. The van der Waals surface area contributed by atoms with Gasteiger partial charge in [-0.05, 0) is 45.9 Å². The van der Waals surface area contributed by atoms with Crippen molar-refractivity contribution in [3.05, 3.63) is 28.8 Å². The Kier molecular flexibility index (Phi) is 3.71. The molecule has 0 aliphatic carbocycles. The molecule has 0 heterocycles. The second-order valence-electron chi connectivity index (χ2n) is 5.12. The highest BCUT2D eigenvalue weighted by molar-refractivity contribution is 6.32. The molecule has 0 saturated heterocycles. The number of halogens is 1. The summed E-state index contributed by atoms with van der Waals surface area (Å²) in [4.78, 5) is 0. The van der Waals surface area contributed by atoms with Crippen LogP contribution in [0.25, 0.3) is 0 Å². The molecule has 0 amide bonds. The van der Waals surface area contributed by atoms with E-state index in [-0.39, 0.29) is 0 Å². The van der Waals surface area contributed by atoms with Crippen molar-refractivity contribution in [1.82, 2.24) is 0 Å². The number of nitrogens with zero attached hydrogens (tertiary/aromatic N) is 1. The van der Waals surface area contributed by atoms with Crippen molar-refractivity contribution in [2.45, 2.75) is 38.8 Å². The van der Waals surface area contributed by atoms with E-state index in [0.29, 0.717) is 10.6 Å². The predicted molar refractivity (Wildman–Crippen MR) is 70.2 cm³/mol. The summed E-state index contributed by atoms with van der Waals surface area (Å²) in [5.74, 6) is 0. The third-order valence-corrected chi connectivity index (χ3v) is 3.39. The maximum atomic E-state index is 10.0. The van der Waals surface area contributed by atoms with Gasteiger partial charge in [0.1, 0.15) is 6.07 Å². The summed E-state index contributed by atoms with van der Waals surface area (Å²) < 4.78 is 0. The van der Waals surface area contributed by atoms with Gasteiger partial charge < -0.3 is 10.4 Å². The Morgan fingerprint density at radius 1 is 1.29 bits per heavy atom. The van der Waals surface area contributed by atoms with Crippen LogP contribution in [0.1, 0.15) is 33.3 Å². The molecule has 1 rings (SSSR count). The van der Waals surface area contributed by atoms with Gasteiger partial charge in [-0.25, -0.2) is 0 Å². The van der Waals surface area contributed by atoms with Crippen molar-refractivity contribution >= 4 is 17.3 Å². The molecule has 0 aliphatic heterocycles. The zero-order valence-corrected chi connectivity index (χ0v) is 11.3. The van der Waals surface area contributed by atoms with E-state index in [0.717, 1.165) is 5.69 Å². The first-order valence-corrected chi connectivity index (χ1v) is 5.75.